The van der Waals surface area contributed by atoms with Crippen LogP contribution in [-0.4, -0.2) is 18.8 Å². The monoisotopic (exact) mass is 449 g/mol. The number of methoxy groups -OCH3 is 1. The largest absolute Gasteiger partial charge is 0.495 e. The maximum Gasteiger partial charge on any atom is 0.232 e. The first-order chi connectivity index (χ1) is 15.2. The SMILES string of the molecule is COc1cc(Cl)c(C)cc1N1C(=O)CC(/C=C/c2ccccc2)C2=C1CC(C)(C)CC2=O. The molecule has 1 amide bonds. The van der Waals surface area contributed by atoms with E-state index in [1.165, 1.54) is 0 Å². The Labute approximate surface area is 194 Å². The van der Waals surface area contributed by atoms with E-state index < -0.39 is 0 Å². The fourth-order valence-corrected chi connectivity index (χ4v) is 4.83. The highest BCUT2D eigenvalue weighted by Gasteiger charge is 2.43. The van der Waals surface area contributed by atoms with E-state index in [1.54, 1.807) is 18.1 Å². The Bertz CT molecular complexity index is 1130. The van der Waals surface area contributed by atoms with Crippen LogP contribution in [0.3, 0.4) is 0 Å². The van der Waals surface area contributed by atoms with Crippen molar-refractivity contribution in [2.75, 3.05) is 12.0 Å². The van der Waals surface area contributed by atoms with Gasteiger partial charge in [0.15, 0.2) is 5.78 Å². The number of halogens is 1. The second-order valence-electron chi connectivity index (χ2n) is 9.38. The quantitative estimate of drug-likeness (QED) is 0.545. The van der Waals surface area contributed by atoms with Crippen molar-refractivity contribution in [3.05, 3.63) is 76.0 Å². The second-order valence-corrected chi connectivity index (χ2v) is 9.79. The van der Waals surface area contributed by atoms with Gasteiger partial charge in [0, 0.05) is 41.1 Å². The van der Waals surface area contributed by atoms with Crippen molar-refractivity contribution < 1.29 is 14.3 Å². The van der Waals surface area contributed by atoms with Gasteiger partial charge in [0.05, 0.1) is 12.8 Å². The molecule has 0 radical (unpaired) electrons. The number of Topliss-reactive ketones (excluding diaryl/α,β-unsaturated/α-hetero) is 1. The Morgan fingerprint density at radius 2 is 1.84 bits per heavy atom. The molecular weight excluding hydrogens is 422 g/mol. The number of ketones is 1. The van der Waals surface area contributed by atoms with Crippen LogP contribution in [-0.2, 0) is 9.59 Å². The number of aryl methyl sites for hydroxylation is 1. The van der Waals surface area contributed by atoms with Crippen molar-refractivity contribution in [3.8, 4) is 5.75 Å². The minimum Gasteiger partial charge on any atom is -0.495 e. The number of anilines is 1. The van der Waals surface area contributed by atoms with Crippen molar-refractivity contribution in [2.24, 2.45) is 11.3 Å². The summed E-state index contributed by atoms with van der Waals surface area (Å²) in [7, 11) is 1.57. The van der Waals surface area contributed by atoms with Crippen molar-refractivity contribution in [1.29, 1.82) is 0 Å². The summed E-state index contributed by atoms with van der Waals surface area (Å²) >= 11 is 6.31. The number of allylic oxidation sites excluding steroid dienone is 3. The Morgan fingerprint density at radius 1 is 1.12 bits per heavy atom. The molecule has 0 bridgehead atoms. The lowest BCUT2D eigenvalue weighted by molar-refractivity contribution is -0.121. The third-order valence-corrected chi connectivity index (χ3v) is 6.61. The van der Waals surface area contributed by atoms with Crippen molar-refractivity contribution in [3.63, 3.8) is 0 Å². The molecule has 1 aliphatic carbocycles. The van der Waals surface area contributed by atoms with Gasteiger partial charge in [-0.25, -0.2) is 0 Å². The summed E-state index contributed by atoms with van der Waals surface area (Å²) < 4.78 is 5.57. The van der Waals surface area contributed by atoms with E-state index in [0.29, 0.717) is 29.3 Å². The third kappa shape index (κ3) is 4.24. The number of ether oxygens (including phenoxy) is 1. The van der Waals surface area contributed by atoms with Gasteiger partial charge in [0.25, 0.3) is 0 Å². The molecule has 0 saturated carbocycles. The van der Waals surface area contributed by atoms with E-state index in [2.05, 4.69) is 13.8 Å². The lowest BCUT2D eigenvalue weighted by Crippen LogP contribution is -2.44. The standard InChI is InChI=1S/C27H28ClNO3/c1-17-12-21(24(32-4)14-20(17)28)29-22-15-27(2,3)16-23(30)26(22)19(13-25(29)31)11-10-18-8-6-5-7-9-18/h5-12,14,19H,13,15-16H2,1-4H3/b11-10+. The molecule has 0 aromatic heterocycles. The predicted molar refractivity (Wildman–Crippen MR) is 129 cm³/mol. The summed E-state index contributed by atoms with van der Waals surface area (Å²) in [5, 5.41) is 0.577. The van der Waals surface area contributed by atoms with Gasteiger partial charge in [-0.3, -0.25) is 14.5 Å². The first kappa shape index (κ1) is 22.3. The minimum atomic E-state index is -0.239. The molecule has 4 nitrogen and oxygen atoms in total. The number of carbonyl (C=O) groups excluding carboxylic acids is 2. The van der Waals surface area contributed by atoms with E-state index in [0.717, 1.165) is 22.4 Å². The summed E-state index contributed by atoms with van der Waals surface area (Å²) in [6.07, 6.45) is 5.35. The number of benzene rings is 2. The molecule has 1 heterocycles. The number of rotatable bonds is 4. The zero-order chi connectivity index (χ0) is 23.0. The summed E-state index contributed by atoms with van der Waals surface area (Å²) in [6, 6.07) is 13.5. The number of amides is 1. The second kappa shape index (κ2) is 8.59. The van der Waals surface area contributed by atoms with E-state index in [4.69, 9.17) is 16.3 Å². The molecule has 32 heavy (non-hydrogen) atoms. The van der Waals surface area contributed by atoms with Crippen molar-refractivity contribution in [2.45, 2.75) is 40.0 Å². The molecule has 2 aliphatic rings. The van der Waals surface area contributed by atoms with E-state index >= 15 is 0 Å². The highest BCUT2D eigenvalue weighted by Crippen LogP contribution is 2.48. The lowest BCUT2D eigenvalue weighted by Gasteiger charge is -2.42. The van der Waals surface area contributed by atoms with Crippen LogP contribution < -0.4 is 9.64 Å². The number of carbonyl (C=O) groups is 2. The summed E-state index contributed by atoms with van der Waals surface area (Å²) in [5.74, 6) is 0.352. The van der Waals surface area contributed by atoms with E-state index in [9.17, 15) is 9.59 Å². The zero-order valence-corrected chi connectivity index (χ0v) is 19.7. The van der Waals surface area contributed by atoms with Crippen molar-refractivity contribution >= 4 is 35.1 Å². The Balaban J connectivity index is 1.86. The Kier molecular flexibility index (Phi) is 6.00. The van der Waals surface area contributed by atoms with Gasteiger partial charge in [-0.15, -0.1) is 0 Å². The molecule has 0 fully saturated rings. The zero-order valence-electron chi connectivity index (χ0n) is 18.9. The first-order valence-corrected chi connectivity index (χ1v) is 11.2. The molecule has 2 aromatic rings. The van der Waals surface area contributed by atoms with Crippen LogP contribution in [0.25, 0.3) is 6.08 Å². The molecule has 0 saturated heterocycles. The van der Waals surface area contributed by atoms with Gasteiger partial charge in [0.2, 0.25) is 5.91 Å². The summed E-state index contributed by atoms with van der Waals surface area (Å²) in [4.78, 5) is 28.6. The van der Waals surface area contributed by atoms with Gasteiger partial charge in [-0.05, 0) is 36.0 Å². The molecule has 0 N–H and O–H groups in total. The molecule has 4 rings (SSSR count). The minimum absolute atomic E-state index is 0.0445. The molecule has 5 heteroatoms. The van der Waals surface area contributed by atoms with Gasteiger partial charge in [-0.1, -0.05) is 67.9 Å². The average molecular weight is 450 g/mol. The fourth-order valence-electron chi connectivity index (χ4n) is 4.68. The van der Waals surface area contributed by atoms with Gasteiger partial charge >= 0.3 is 0 Å². The van der Waals surface area contributed by atoms with Crippen molar-refractivity contribution in [1.82, 2.24) is 0 Å². The lowest BCUT2D eigenvalue weighted by atomic mass is 9.70. The maximum atomic E-state index is 13.5. The van der Waals surface area contributed by atoms with Crippen LogP contribution >= 0.6 is 11.6 Å². The van der Waals surface area contributed by atoms with Gasteiger partial charge in [0.1, 0.15) is 5.75 Å². The molecule has 1 atom stereocenters. The molecule has 1 aliphatic heterocycles. The predicted octanol–water partition coefficient (Wildman–Crippen LogP) is 6.37. The molecular formula is C27H28ClNO3. The van der Waals surface area contributed by atoms with E-state index in [-0.39, 0.29) is 29.4 Å². The Hall–Kier alpha value is -2.85. The number of hydrogen-bond donors (Lipinski definition) is 0. The van der Waals surface area contributed by atoms with E-state index in [1.807, 2.05) is 55.5 Å². The van der Waals surface area contributed by atoms with Crippen LogP contribution in [0, 0.1) is 18.3 Å². The summed E-state index contributed by atoms with van der Waals surface area (Å²) in [5.41, 5.74) is 3.83. The van der Waals surface area contributed by atoms with Crippen LogP contribution in [0.4, 0.5) is 5.69 Å². The topological polar surface area (TPSA) is 46.6 Å². The van der Waals surface area contributed by atoms with Gasteiger partial charge in [-0.2, -0.15) is 0 Å². The summed E-state index contributed by atoms with van der Waals surface area (Å²) in [6.45, 7) is 6.05. The molecule has 2 aromatic carbocycles. The fraction of sp³-hybridized carbons (Fsp3) is 0.333. The highest BCUT2D eigenvalue weighted by molar-refractivity contribution is 6.31. The number of nitrogens with zero attached hydrogens (tertiary/aromatic N) is 1. The Morgan fingerprint density at radius 3 is 2.53 bits per heavy atom. The number of hydrogen-bond acceptors (Lipinski definition) is 3. The van der Waals surface area contributed by atoms with Crippen LogP contribution in [0.5, 0.6) is 5.75 Å². The van der Waals surface area contributed by atoms with Crippen LogP contribution in [0.2, 0.25) is 5.02 Å². The van der Waals surface area contributed by atoms with Crippen LogP contribution in [0.15, 0.2) is 59.8 Å². The normalized spacial score (nSPS) is 20.7. The molecule has 1 unspecified atom stereocenters. The molecule has 0 spiro atoms. The van der Waals surface area contributed by atoms with Crippen LogP contribution in [0.1, 0.15) is 44.2 Å². The maximum absolute atomic E-state index is 13.5. The molecule has 166 valence electrons. The third-order valence-electron chi connectivity index (χ3n) is 6.20. The first-order valence-electron chi connectivity index (χ1n) is 10.9. The average Bonchev–Trinajstić information content (AvgIpc) is 2.73. The highest BCUT2D eigenvalue weighted by atomic mass is 35.5. The van der Waals surface area contributed by atoms with Gasteiger partial charge < -0.3 is 4.74 Å². The smallest absolute Gasteiger partial charge is 0.232 e.